The maximum Gasteiger partial charge on any atom is 0.305 e. The molecule has 8 heteroatoms. The van der Waals surface area contributed by atoms with Crippen LogP contribution in [0.25, 0.3) is 0 Å². The summed E-state index contributed by atoms with van der Waals surface area (Å²) in [5, 5.41) is 0. The summed E-state index contributed by atoms with van der Waals surface area (Å²) in [6, 6.07) is 0. The summed E-state index contributed by atoms with van der Waals surface area (Å²) < 4.78 is 22.8. The van der Waals surface area contributed by atoms with E-state index in [0.29, 0.717) is 19.3 Å². The summed E-state index contributed by atoms with van der Waals surface area (Å²) in [7, 11) is 4.99. The van der Waals surface area contributed by atoms with Crippen molar-refractivity contribution in [1.29, 1.82) is 0 Å². The van der Waals surface area contributed by atoms with Crippen LogP contribution in [-0.4, -0.2) is 68.9 Å². The van der Waals surface area contributed by atoms with Crippen LogP contribution in [0.2, 0.25) is 0 Å². The Balaban J connectivity index is 5.39. The highest BCUT2D eigenvalue weighted by Crippen LogP contribution is 2.29. The van der Waals surface area contributed by atoms with Crippen molar-refractivity contribution in [2.24, 2.45) is 17.8 Å². The van der Waals surface area contributed by atoms with Crippen LogP contribution < -0.4 is 0 Å². The lowest BCUT2D eigenvalue weighted by atomic mass is 9.84. The fourth-order valence-corrected chi connectivity index (χ4v) is 4.18. The first-order valence-electron chi connectivity index (χ1n) is 12.3. The van der Waals surface area contributed by atoms with E-state index in [9.17, 15) is 14.4 Å². The molecule has 0 aromatic heterocycles. The number of hydrogen-bond acceptors (Lipinski definition) is 7. The molecular weight excluding hydrogens is 438 g/mol. The van der Waals surface area contributed by atoms with Crippen LogP contribution in [0, 0.1) is 17.8 Å². The van der Waals surface area contributed by atoms with Crippen LogP contribution in [-0.2, 0) is 33.3 Å². The Morgan fingerprint density at radius 1 is 0.971 bits per heavy atom. The average Bonchev–Trinajstić information content (AvgIpc) is 2.82. The second-order valence-electron chi connectivity index (χ2n) is 9.12. The highest BCUT2D eigenvalue weighted by molar-refractivity contribution is 5.69. The van der Waals surface area contributed by atoms with Gasteiger partial charge in [-0.2, -0.15) is 0 Å². The lowest BCUT2D eigenvalue weighted by molar-refractivity contribution is -0.155. The van der Waals surface area contributed by atoms with Gasteiger partial charge < -0.3 is 23.8 Å². The van der Waals surface area contributed by atoms with E-state index in [1.807, 2.05) is 26.8 Å². The summed E-state index contributed by atoms with van der Waals surface area (Å²) in [6.07, 6.45) is 6.64. The molecule has 0 saturated carbocycles. The molecular formula is C26H47NO7. The van der Waals surface area contributed by atoms with Crippen molar-refractivity contribution >= 4 is 18.3 Å². The van der Waals surface area contributed by atoms with E-state index in [1.54, 1.807) is 34.4 Å². The van der Waals surface area contributed by atoms with Crippen molar-refractivity contribution in [3.63, 3.8) is 0 Å². The molecule has 0 saturated heterocycles. The molecule has 0 rings (SSSR count). The van der Waals surface area contributed by atoms with E-state index < -0.39 is 0 Å². The zero-order chi connectivity index (χ0) is 26.3. The van der Waals surface area contributed by atoms with Gasteiger partial charge in [0.15, 0.2) is 0 Å². The molecule has 0 radical (unpaired) electrons. The number of rotatable bonds is 18. The summed E-state index contributed by atoms with van der Waals surface area (Å²) in [6.45, 7) is 11.3. The van der Waals surface area contributed by atoms with E-state index in [4.69, 9.17) is 18.9 Å². The Bertz CT molecular complexity index is 624. The molecule has 1 amide bonds. The predicted molar refractivity (Wildman–Crippen MR) is 132 cm³/mol. The Morgan fingerprint density at radius 2 is 1.62 bits per heavy atom. The molecule has 0 fully saturated rings. The van der Waals surface area contributed by atoms with Crippen LogP contribution in [0.1, 0.15) is 73.6 Å². The first-order chi connectivity index (χ1) is 16.0. The molecule has 0 bridgehead atoms. The summed E-state index contributed by atoms with van der Waals surface area (Å²) in [4.78, 5) is 35.9. The van der Waals surface area contributed by atoms with Gasteiger partial charge in [0.05, 0.1) is 12.2 Å². The molecule has 0 spiro atoms. The Labute approximate surface area is 206 Å². The zero-order valence-corrected chi connectivity index (χ0v) is 22.6. The van der Waals surface area contributed by atoms with Crippen molar-refractivity contribution < 1.29 is 33.3 Å². The maximum absolute atomic E-state index is 12.2. The van der Waals surface area contributed by atoms with Gasteiger partial charge in [-0.25, -0.2) is 0 Å². The van der Waals surface area contributed by atoms with Gasteiger partial charge in [0.1, 0.15) is 12.2 Å². The predicted octanol–water partition coefficient (Wildman–Crippen LogP) is 4.36. The molecule has 0 N–H and O–H groups in total. The lowest BCUT2D eigenvalue weighted by Crippen LogP contribution is -2.38. The Hall–Kier alpha value is -1.93. The van der Waals surface area contributed by atoms with Crippen molar-refractivity contribution in [1.82, 2.24) is 4.90 Å². The third-order valence-corrected chi connectivity index (χ3v) is 6.38. The van der Waals surface area contributed by atoms with Gasteiger partial charge in [-0.1, -0.05) is 40.7 Å². The van der Waals surface area contributed by atoms with Gasteiger partial charge in [0.2, 0.25) is 6.41 Å². The van der Waals surface area contributed by atoms with Crippen LogP contribution in [0.4, 0.5) is 0 Å². The van der Waals surface area contributed by atoms with Gasteiger partial charge in [-0.3, -0.25) is 14.4 Å². The normalized spacial score (nSPS) is 17.8. The SMILES string of the molecule is CCC(=O)O[C@H](CC[C@H](C)[C@H](C[C@@H](CC)OC(C)=O)OC)[C@H](C)[C@H](OC)[C@H](C)/C=C/N(C)C=O. The van der Waals surface area contributed by atoms with Gasteiger partial charge in [0.25, 0.3) is 0 Å². The van der Waals surface area contributed by atoms with Crippen LogP contribution in [0.5, 0.6) is 0 Å². The van der Waals surface area contributed by atoms with E-state index in [0.717, 1.165) is 19.3 Å². The minimum Gasteiger partial charge on any atom is -0.462 e. The quantitative estimate of drug-likeness (QED) is 0.210. The monoisotopic (exact) mass is 485 g/mol. The number of ether oxygens (including phenoxy) is 4. The van der Waals surface area contributed by atoms with Crippen LogP contribution in [0.3, 0.4) is 0 Å². The average molecular weight is 486 g/mol. The van der Waals surface area contributed by atoms with E-state index in [2.05, 4.69) is 6.92 Å². The molecule has 0 aliphatic rings. The molecule has 0 aliphatic carbocycles. The number of methoxy groups -OCH3 is 2. The third-order valence-electron chi connectivity index (χ3n) is 6.38. The number of esters is 2. The van der Waals surface area contributed by atoms with E-state index >= 15 is 0 Å². The fourth-order valence-electron chi connectivity index (χ4n) is 4.18. The second kappa shape index (κ2) is 17.5. The molecule has 34 heavy (non-hydrogen) atoms. The van der Waals surface area contributed by atoms with Crippen molar-refractivity contribution in [3.8, 4) is 0 Å². The molecule has 0 unspecified atom stereocenters. The second-order valence-corrected chi connectivity index (χ2v) is 9.12. The van der Waals surface area contributed by atoms with Crippen molar-refractivity contribution in [3.05, 3.63) is 12.3 Å². The molecule has 8 nitrogen and oxygen atoms in total. The molecule has 7 atom stereocenters. The molecule has 0 aromatic carbocycles. The summed E-state index contributed by atoms with van der Waals surface area (Å²) in [5.74, 6) is -0.429. The van der Waals surface area contributed by atoms with E-state index in [-0.39, 0.29) is 54.1 Å². The Kier molecular flexibility index (Phi) is 16.5. The number of carbonyl (C=O) groups excluding carboxylic acids is 3. The Morgan fingerprint density at radius 3 is 2.09 bits per heavy atom. The number of carbonyl (C=O) groups is 3. The standard InChI is InChI=1S/C26H47NO7/c1-10-22(33-21(6)29)16-24(31-8)18(3)12-13-23(34-25(30)11-2)20(5)26(32-9)19(4)14-15-27(7)17-28/h14-15,17-20,22-24,26H,10-13,16H2,1-9H3/b15-14+/t18-,19+,20-,22+,23+,24-,26+/m0/s1. The first-order valence-corrected chi connectivity index (χ1v) is 12.3. The smallest absolute Gasteiger partial charge is 0.305 e. The van der Waals surface area contributed by atoms with Crippen molar-refractivity contribution in [2.45, 2.75) is 98.1 Å². The largest absolute Gasteiger partial charge is 0.462 e. The number of amides is 1. The molecule has 0 aromatic rings. The number of nitrogens with zero attached hydrogens (tertiary/aromatic N) is 1. The lowest BCUT2D eigenvalue weighted by Gasteiger charge is -2.34. The summed E-state index contributed by atoms with van der Waals surface area (Å²) in [5.41, 5.74) is 0. The van der Waals surface area contributed by atoms with Crippen LogP contribution >= 0.6 is 0 Å². The van der Waals surface area contributed by atoms with Gasteiger partial charge >= 0.3 is 11.9 Å². The fraction of sp³-hybridized carbons (Fsp3) is 0.808. The van der Waals surface area contributed by atoms with Crippen molar-refractivity contribution in [2.75, 3.05) is 21.3 Å². The minimum absolute atomic E-state index is 0.00316. The minimum atomic E-state index is -0.326. The van der Waals surface area contributed by atoms with Crippen LogP contribution in [0.15, 0.2) is 12.3 Å². The molecule has 198 valence electrons. The maximum atomic E-state index is 12.2. The van der Waals surface area contributed by atoms with Gasteiger partial charge in [-0.15, -0.1) is 0 Å². The highest BCUT2D eigenvalue weighted by atomic mass is 16.6. The van der Waals surface area contributed by atoms with Gasteiger partial charge in [-0.05, 0) is 25.2 Å². The number of hydrogen-bond donors (Lipinski definition) is 0. The first kappa shape index (κ1) is 32.1. The zero-order valence-electron chi connectivity index (χ0n) is 22.6. The summed E-state index contributed by atoms with van der Waals surface area (Å²) >= 11 is 0. The third kappa shape index (κ3) is 12.0. The topological polar surface area (TPSA) is 91.4 Å². The highest BCUT2D eigenvalue weighted by Gasteiger charge is 2.32. The van der Waals surface area contributed by atoms with Gasteiger partial charge in [0, 0.05) is 59.1 Å². The molecule has 0 aliphatic heterocycles. The molecule has 0 heterocycles. The van der Waals surface area contributed by atoms with E-state index in [1.165, 1.54) is 11.8 Å².